The summed E-state index contributed by atoms with van der Waals surface area (Å²) in [5.41, 5.74) is 3.65. The number of nitro benzene ring substituents is 1. The molecule has 1 aliphatic heterocycles. The third-order valence-corrected chi connectivity index (χ3v) is 4.53. The topological polar surface area (TPSA) is 75.5 Å². The van der Waals surface area contributed by atoms with Crippen molar-refractivity contribution in [2.24, 2.45) is 0 Å². The molecule has 0 aliphatic carbocycles. The van der Waals surface area contributed by atoms with E-state index in [0.29, 0.717) is 17.7 Å². The van der Waals surface area contributed by atoms with Gasteiger partial charge in [-0.1, -0.05) is 18.2 Å². The first-order valence-corrected chi connectivity index (χ1v) is 8.42. The van der Waals surface area contributed by atoms with Gasteiger partial charge in [-0.3, -0.25) is 14.9 Å². The van der Waals surface area contributed by atoms with E-state index in [1.54, 1.807) is 13.0 Å². The zero-order valence-corrected chi connectivity index (χ0v) is 14.2. The van der Waals surface area contributed by atoms with E-state index < -0.39 is 4.92 Å². The van der Waals surface area contributed by atoms with Gasteiger partial charge in [0.1, 0.15) is 0 Å². The molecule has 1 amide bonds. The Morgan fingerprint density at radius 1 is 1.28 bits per heavy atom. The molecule has 6 nitrogen and oxygen atoms in total. The average molecular weight is 339 g/mol. The van der Waals surface area contributed by atoms with E-state index in [-0.39, 0.29) is 11.6 Å². The second-order valence-electron chi connectivity index (χ2n) is 6.23. The number of nitro groups is 1. The molecule has 2 aromatic rings. The van der Waals surface area contributed by atoms with Crippen LogP contribution < -0.4 is 10.2 Å². The van der Waals surface area contributed by atoms with Gasteiger partial charge < -0.3 is 10.2 Å². The third-order valence-electron chi connectivity index (χ3n) is 4.53. The van der Waals surface area contributed by atoms with Gasteiger partial charge in [0.05, 0.1) is 4.92 Å². The Bertz CT molecular complexity index is 804. The van der Waals surface area contributed by atoms with E-state index in [9.17, 15) is 14.9 Å². The van der Waals surface area contributed by atoms with E-state index in [2.05, 4.69) is 34.5 Å². The molecule has 0 unspecified atom stereocenters. The Hall–Kier alpha value is -2.89. The second-order valence-corrected chi connectivity index (χ2v) is 6.23. The van der Waals surface area contributed by atoms with Crippen LogP contribution in [0.25, 0.3) is 0 Å². The second kappa shape index (κ2) is 7.34. The first kappa shape index (κ1) is 17.0. The maximum Gasteiger partial charge on any atom is 0.272 e. The van der Waals surface area contributed by atoms with Crippen molar-refractivity contribution in [3.05, 3.63) is 69.3 Å². The monoisotopic (exact) mass is 339 g/mol. The lowest BCUT2D eigenvalue weighted by Gasteiger charge is -2.19. The highest BCUT2D eigenvalue weighted by atomic mass is 16.6. The van der Waals surface area contributed by atoms with Gasteiger partial charge in [-0.2, -0.15) is 0 Å². The first-order valence-electron chi connectivity index (χ1n) is 8.42. The van der Waals surface area contributed by atoms with E-state index in [1.165, 1.54) is 23.4 Å². The lowest BCUT2D eigenvalue weighted by atomic mass is 10.1. The summed E-state index contributed by atoms with van der Waals surface area (Å²) in [5.74, 6) is -0.195. The molecule has 0 radical (unpaired) electrons. The van der Waals surface area contributed by atoms with E-state index >= 15 is 0 Å². The number of hydrogen-bond donors (Lipinski definition) is 1. The van der Waals surface area contributed by atoms with Crippen LogP contribution in [0.3, 0.4) is 0 Å². The van der Waals surface area contributed by atoms with Crippen LogP contribution in [0.5, 0.6) is 0 Å². The molecular formula is C19H21N3O3. The number of benzene rings is 2. The fourth-order valence-electron chi connectivity index (χ4n) is 3.21. The standard InChI is InChI=1S/C19H21N3O3/c1-14-13-16(7-8-17(14)22(24)25)19(23)20-10-4-11-21-12-9-15-5-2-3-6-18(15)21/h2-3,5-8,13H,4,9-12H2,1H3,(H,20,23). The summed E-state index contributed by atoms with van der Waals surface area (Å²) in [4.78, 5) is 24.9. The largest absolute Gasteiger partial charge is 0.371 e. The summed E-state index contributed by atoms with van der Waals surface area (Å²) in [5, 5.41) is 13.7. The van der Waals surface area contributed by atoms with Crippen molar-refractivity contribution in [3.63, 3.8) is 0 Å². The van der Waals surface area contributed by atoms with Crippen LogP contribution in [-0.4, -0.2) is 30.5 Å². The highest BCUT2D eigenvalue weighted by Crippen LogP contribution is 2.27. The highest BCUT2D eigenvalue weighted by molar-refractivity contribution is 5.94. The highest BCUT2D eigenvalue weighted by Gasteiger charge is 2.17. The normalized spacial score (nSPS) is 12.8. The third kappa shape index (κ3) is 3.79. The Balaban J connectivity index is 1.49. The SMILES string of the molecule is Cc1cc(C(=O)NCCCN2CCc3ccccc32)ccc1[N+](=O)[O-]. The Kier molecular flexibility index (Phi) is 4.97. The summed E-state index contributed by atoms with van der Waals surface area (Å²) < 4.78 is 0. The molecule has 1 N–H and O–H groups in total. The van der Waals surface area contributed by atoms with Crippen molar-refractivity contribution in [2.75, 3.05) is 24.5 Å². The molecule has 2 aromatic carbocycles. The van der Waals surface area contributed by atoms with Crippen LogP contribution in [0, 0.1) is 17.0 Å². The smallest absolute Gasteiger partial charge is 0.272 e. The molecule has 1 aliphatic rings. The number of amides is 1. The Labute approximate surface area is 146 Å². The summed E-state index contributed by atoms with van der Waals surface area (Å²) in [7, 11) is 0. The summed E-state index contributed by atoms with van der Waals surface area (Å²) >= 11 is 0. The van der Waals surface area contributed by atoms with Crippen molar-refractivity contribution >= 4 is 17.3 Å². The number of aryl methyl sites for hydroxylation is 1. The summed E-state index contributed by atoms with van der Waals surface area (Å²) in [6.07, 6.45) is 1.93. The molecule has 6 heteroatoms. The fourth-order valence-corrected chi connectivity index (χ4v) is 3.21. The minimum atomic E-state index is -0.440. The van der Waals surface area contributed by atoms with Crippen LogP contribution in [0.1, 0.15) is 27.9 Å². The summed E-state index contributed by atoms with van der Waals surface area (Å²) in [6.45, 7) is 4.14. The van der Waals surface area contributed by atoms with Crippen LogP contribution >= 0.6 is 0 Å². The fraction of sp³-hybridized carbons (Fsp3) is 0.316. The molecule has 0 spiro atoms. The molecule has 25 heavy (non-hydrogen) atoms. The van der Waals surface area contributed by atoms with Crippen molar-refractivity contribution in [1.29, 1.82) is 0 Å². The summed E-state index contributed by atoms with van der Waals surface area (Å²) in [6, 6.07) is 12.9. The minimum absolute atomic E-state index is 0.0317. The van der Waals surface area contributed by atoms with Gasteiger partial charge in [-0.15, -0.1) is 0 Å². The van der Waals surface area contributed by atoms with Gasteiger partial charge in [-0.05, 0) is 43.5 Å². The van der Waals surface area contributed by atoms with Crippen molar-refractivity contribution < 1.29 is 9.72 Å². The molecule has 0 atom stereocenters. The molecule has 130 valence electrons. The number of nitrogens with one attached hydrogen (secondary N) is 1. The molecule has 0 aromatic heterocycles. The molecule has 1 heterocycles. The number of carbonyl (C=O) groups excluding carboxylic acids is 1. The van der Waals surface area contributed by atoms with Gasteiger partial charge in [-0.25, -0.2) is 0 Å². The lowest BCUT2D eigenvalue weighted by molar-refractivity contribution is -0.385. The maximum absolute atomic E-state index is 12.2. The van der Waals surface area contributed by atoms with Gasteiger partial charge in [0.2, 0.25) is 0 Å². The number of hydrogen-bond acceptors (Lipinski definition) is 4. The number of para-hydroxylation sites is 1. The Morgan fingerprint density at radius 2 is 2.08 bits per heavy atom. The zero-order chi connectivity index (χ0) is 17.8. The number of fused-ring (bicyclic) bond motifs is 1. The number of rotatable bonds is 6. The van der Waals surface area contributed by atoms with Gasteiger partial charge in [0, 0.05) is 42.5 Å². The molecule has 0 saturated heterocycles. The molecule has 3 rings (SSSR count). The van der Waals surface area contributed by atoms with E-state index in [0.717, 1.165) is 25.9 Å². The van der Waals surface area contributed by atoms with Crippen LogP contribution in [0.15, 0.2) is 42.5 Å². The molecule has 0 saturated carbocycles. The molecule has 0 fully saturated rings. The van der Waals surface area contributed by atoms with Gasteiger partial charge in [0.15, 0.2) is 0 Å². The maximum atomic E-state index is 12.2. The van der Waals surface area contributed by atoms with Crippen LogP contribution in [-0.2, 0) is 6.42 Å². The average Bonchev–Trinajstić information content (AvgIpc) is 3.01. The number of nitrogens with zero attached hydrogens (tertiary/aromatic N) is 2. The van der Waals surface area contributed by atoms with Crippen molar-refractivity contribution in [2.45, 2.75) is 19.8 Å². The van der Waals surface area contributed by atoms with E-state index in [1.807, 2.05) is 0 Å². The molecule has 0 bridgehead atoms. The van der Waals surface area contributed by atoms with Gasteiger partial charge >= 0.3 is 0 Å². The van der Waals surface area contributed by atoms with E-state index in [4.69, 9.17) is 0 Å². The van der Waals surface area contributed by atoms with Crippen molar-refractivity contribution in [1.82, 2.24) is 5.32 Å². The van der Waals surface area contributed by atoms with Crippen molar-refractivity contribution in [3.8, 4) is 0 Å². The molecular weight excluding hydrogens is 318 g/mol. The predicted molar refractivity (Wildman–Crippen MR) is 97.1 cm³/mol. The Morgan fingerprint density at radius 3 is 2.84 bits per heavy atom. The quantitative estimate of drug-likeness (QED) is 0.498. The minimum Gasteiger partial charge on any atom is -0.371 e. The zero-order valence-electron chi connectivity index (χ0n) is 14.2. The number of anilines is 1. The van der Waals surface area contributed by atoms with Gasteiger partial charge in [0.25, 0.3) is 11.6 Å². The first-order chi connectivity index (χ1) is 12.1. The van der Waals surface area contributed by atoms with Crippen LogP contribution in [0.4, 0.5) is 11.4 Å². The number of carbonyl (C=O) groups is 1. The predicted octanol–water partition coefficient (Wildman–Crippen LogP) is 3.09. The lowest BCUT2D eigenvalue weighted by Crippen LogP contribution is -2.29. The van der Waals surface area contributed by atoms with Crippen LogP contribution in [0.2, 0.25) is 0 Å².